The highest BCUT2D eigenvalue weighted by molar-refractivity contribution is 6.31. The van der Waals surface area contributed by atoms with E-state index >= 15 is 0 Å². The van der Waals surface area contributed by atoms with Crippen LogP contribution in [0.25, 0.3) is 5.69 Å². The summed E-state index contributed by atoms with van der Waals surface area (Å²) >= 11 is 6.06. The van der Waals surface area contributed by atoms with Gasteiger partial charge in [-0.25, -0.2) is 9.67 Å². The maximum atomic E-state index is 6.06. The summed E-state index contributed by atoms with van der Waals surface area (Å²) in [7, 11) is 0. The minimum Gasteiger partial charge on any atom is -0.383 e. The van der Waals surface area contributed by atoms with Crippen LogP contribution in [0.15, 0.2) is 30.9 Å². The average molecular weight is 263 g/mol. The standard InChI is InChI=1S/C13H15ClN4/c14-11-4-5-13(18-9-15-8-17-18)12(6-11)16-7-10-2-1-3-10/h4-6,8-10,16H,1-3,7H2. The predicted octanol–water partition coefficient (Wildman–Crippen LogP) is 3.13. The molecule has 18 heavy (non-hydrogen) atoms. The molecule has 0 bridgehead atoms. The summed E-state index contributed by atoms with van der Waals surface area (Å²) in [6.07, 6.45) is 7.23. The van der Waals surface area contributed by atoms with E-state index in [1.807, 2.05) is 18.2 Å². The van der Waals surface area contributed by atoms with Crippen molar-refractivity contribution in [3.63, 3.8) is 0 Å². The fourth-order valence-corrected chi connectivity index (χ4v) is 2.31. The number of nitrogens with zero attached hydrogens (tertiary/aromatic N) is 3. The lowest BCUT2D eigenvalue weighted by molar-refractivity contribution is 0.333. The molecule has 4 nitrogen and oxygen atoms in total. The highest BCUT2D eigenvalue weighted by Gasteiger charge is 2.17. The topological polar surface area (TPSA) is 42.7 Å². The van der Waals surface area contributed by atoms with Crippen LogP contribution in [0.2, 0.25) is 5.02 Å². The first kappa shape index (κ1) is 11.5. The second-order valence-electron chi connectivity index (χ2n) is 4.68. The Balaban J connectivity index is 1.83. The van der Waals surface area contributed by atoms with E-state index in [-0.39, 0.29) is 0 Å². The molecule has 1 aromatic heterocycles. The predicted molar refractivity (Wildman–Crippen MR) is 72.2 cm³/mol. The van der Waals surface area contributed by atoms with Crippen LogP contribution in [0.3, 0.4) is 0 Å². The van der Waals surface area contributed by atoms with Gasteiger partial charge in [-0.2, -0.15) is 5.10 Å². The first-order valence-corrected chi connectivity index (χ1v) is 6.59. The lowest BCUT2D eigenvalue weighted by Gasteiger charge is -2.26. The average Bonchev–Trinajstić information content (AvgIpc) is 2.80. The van der Waals surface area contributed by atoms with Crippen LogP contribution in [0.5, 0.6) is 0 Å². The molecule has 0 atom stereocenters. The van der Waals surface area contributed by atoms with Gasteiger partial charge in [-0.3, -0.25) is 0 Å². The number of anilines is 1. The van der Waals surface area contributed by atoms with E-state index in [0.717, 1.165) is 28.9 Å². The number of halogens is 1. The Bertz CT molecular complexity index is 520. The third-order valence-electron chi connectivity index (χ3n) is 3.43. The van der Waals surface area contributed by atoms with Crippen molar-refractivity contribution in [1.29, 1.82) is 0 Å². The molecular formula is C13H15ClN4. The van der Waals surface area contributed by atoms with Gasteiger partial charge in [0.25, 0.3) is 0 Å². The van der Waals surface area contributed by atoms with Crippen molar-refractivity contribution >= 4 is 17.3 Å². The van der Waals surface area contributed by atoms with Gasteiger partial charge in [0.2, 0.25) is 0 Å². The monoisotopic (exact) mass is 262 g/mol. The van der Waals surface area contributed by atoms with Gasteiger partial charge in [0.05, 0.1) is 11.4 Å². The van der Waals surface area contributed by atoms with Crippen molar-refractivity contribution < 1.29 is 0 Å². The summed E-state index contributed by atoms with van der Waals surface area (Å²) in [4.78, 5) is 3.98. The summed E-state index contributed by atoms with van der Waals surface area (Å²) in [6.45, 7) is 1.00. The van der Waals surface area contributed by atoms with Crippen LogP contribution in [-0.4, -0.2) is 21.3 Å². The molecular weight excluding hydrogens is 248 g/mol. The second-order valence-corrected chi connectivity index (χ2v) is 5.12. The first-order valence-electron chi connectivity index (χ1n) is 6.21. The molecule has 1 fully saturated rings. The molecule has 1 aliphatic carbocycles. The van der Waals surface area contributed by atoms with Gasteiger partial charge in [-0.05, 0) is 37.0 Å². The SMILES string of the molecule is Clc1ccc(-n2cncn2)c(NCC2CCC2)c1. The summed E-state index contributed by atoms with van der Waals surface area (Å²) < 4.78 is 1.75. The largest absolute Gasteiger partial charge is 0.383 e. The molecule has 2 aromatic rings. The molecule has 0 radical (unpaired) electrons. The van der Waals surface area contributed by atoms with E-state index in [9.17, 15) is 0 Å². The highest BCUT2D eigenvalue weighted by atomic mass is 35.5. The normalized spacial score (nSPS) is 15.4. The van der Waals surface area contributed by atoms with E-state index < -0.39 is 0 Å². The minimum absolute atomic E-state index is 0.731. The molecule has 0 saturated heterocycles. The fourth-order valence-electron chi connectivity index (χ4n) is 2.13. The molecule has 5 heteroatoms. The summed E-state index contributed by atoms with van der Waals surface area (Å²) in [5.74, 6) is 0.799. The van der Waals surface area contributed by atoms with E-state index in [2.05, 4.69) is 15.4 Å². The Labute approximate surface area is 111 Å². The van der Waals surface area contributed by atoms with E-state index in [1.54, 1.807) is 11.0 Å². The van der Waals surface area contributed by atoms with E-state index in [1.165, 1.54) is 25.6 Å². The first-order chi connectivity index (χ1) is 8.83. The van der Waals surface area contributed by atoms with Crippen LogP contribution in [-0.2, 0) is 0 Å². The van der Waals surface area contributed by atoms with E-state index in [4.69, 9.17) is 11.6 Å². The summed E-state index contributed by atoms with van der Waals surface area (Å²) in [5, 5.41) is 8.36. The third-order valence-corrected chi connectivity index (χ3v) is 3.67. The van der Waals surface area contributed by atoms with Gasteiger partial charge < -0.3 is 5.32 Å². The van der Waals surface area contributed by atoms with Crippen molar-refractivity contribution in [3.05, 3.63) is 35.9 Å². The number of aromatic nitrogens is 3. The Hall–Kier alpha value is -1.55. The maximum Gasteiger partial charge on any atom is 0.138 e. The molecule has 1 saturated carbocycles. The number of hydrogen-bond donors (Lipinski definition) is 1. The van der Waals surface area contributed by atoms with Crippen molar-refractivity contribution in [3.8, 4) is 5.69 Å². The molecule has 3 rings (SSSR count). The fraction of sp³-hybridized carbons (Fsp3) is 0.385. The van der Waals surface area contributed by atoms with Gasteiger partial charge in [0.15, 0.2) is 0 Å². The highest BCUT2D eigenvalue weighted by Crippen LogP contribution is 2.29. The lowest BCUT2D eigenvalue weighted by atomic mass is 9.85. The van der Waals surface area contributed by atoms with Crippen LogP contribution in [0.4, 0.5) is 5.69 Å². The van der Waals surface area contributed by atoms with Crippen LogP contribution in [0.1, 0.15) is 19.3 Å². The minimum atomic E-state index is 0.731. The van der Waals surface area contributed by atoms with Crippen LogP contribution >= 0.6 is 11.6 Å². The Morgan fingerprint density at radius 3 is 2.94 bits per heavy atom. The smallest absolute Gasteiger partial charge is 0.138 e. The maximum absolute atomic E-state index is 6.06. The number of rotatable bonds is 4. The zero-order valence-corrected chi connectivity index (χ0v) is 10.8. The lowest BCUT2D eigenvalue weighted by Crippen LogP contribution is -2.21. The summed E-state index contributed by atoms with van der Waals surface area (Å²) in [6, 6.07) is 5.77. The third kappa shape index (κ3) is 2.34. The van der Waals surface area contributed by atoms with Crippen molar-refractivity contribution in [2.24, 2.45) is 5.92 Å². The molecule has 0 aliphatic heterocycles. The second kappa shape index (κ2) is 4.98. The van der Waals surface area contributed by atoms with Crippen molar-refractivity contribution in [2.45, 2.75) is 19.3 Å². The zero-order valence-electron chi connectivity index (χ0n) is 10.0. The molecule has 1 aliphatic rings. The molecule has 1 heterocycles. The van der Waals surface area contributed by atoms with Gasteiger partial charge in [0.1, 0.15) is 12.7 Å². The van der Waals surface area contributed by atoms with Gasteiger partial charge in [0, 0.05) is 11.6 Å². The molecule has 1 N–H and O–H groups in total. The van der Waals surface area contributed by atoms with Crippen LogP contribution < -0.4 is 5.32 Å². The Morgan fingerprint density at radius 1 is 1.39 bits per heavy atom. The van der Waals surface area contributed by atoms with Gasteiger partial charge >= 0.3 is 0 Å². The molecule has 0 spiro atoms. The van der Waals surface area contributed by atoms with Gasteiger partial charge in [-0.15, -0.1) is 0 Å². The quantitative estimate of drug-likeness (QED) is 0.921. The van der Waals surface area contributed by atoms with Gasteiger partial charge in [-0.1, -0.05) is 18.0 Å². The number of hydrogen-bond acceptors (Lipinski definition) is 3. The van der Waals surface area contributed by atoms with Crippen LogP contribution in [0, 0.1) is 5.92 Å². The number of benzene rings is 1. The molecule has 0 amide bonds. The molecule has 0 unspecified atom stereocenters. The summed E-state index contributed by atoms with van der Waals surface area (Å²) in [5.41, 5.74) is 2.00. The number of nitrogens with one attached hydrogen (secondary N) is 1. The Kier molecular flexibility index (Phi) is 3.19. The van der Waals surface area contributed by atoms with E-state index in [0.29, 0.717) is 0 Å². The van der Waals surface area contributed by atoms with Crippen molar-refractivity contribution in [2.75, 3.05) is 11.9 Å². The molecule has 1 aromatic carbocycles. The Morgan fingerprint density at radius 2 is 2.28 bits per heavy atom. The molecule has 94 valence electrons. The van der Waals surface area contributed by atoms with Crippen molar-refractivity contribution in [1.82, 2.24) is 14.8 Å². The zero-order chi connectivity index (χ0) is 12.4.